The summed E-state index contributed by atoms with van der Waals surface area (Å²) in [5, 5.41) is 21.4. The fraction of sp³-hybridized carbons (Fsp3) is 0.286. The first-order chi connectivity index (χ1) is 9.35. The Bertz CT molecular complexity index is 550. The van der Waals surface area contributed by atoms with Crippen molar-refractivity contribution in [3.8, 4) is 5.75 Å². The molecule has 0 aliphatic carbocycles. The normalized spacial score (nSPS) is 12.7. The average Bonchev–Trinajstić information content (AvgIpc) is 2.38. The molecule has 0 unspecified atom stereocenters. The van der Waals surface area contributed by atoms with Gasteiger partial charge in [-0.2, -0.15) is 0 Å². The summed E-state index contributed by atoms with van der Waals surface area (Å²) in [4.78, 5) is 22.4. The highest BCUT2D eigenvalue weighted by Gasteiger charge is 2.20. The fourth-order valence-electron chi connectivity index (χ4n) is 1.65. The van der Waals surface area contributed by atoms with E-state index in [0.717, 1.165) is 0 Å². The van der Waals surface area contributed by atoms with Crippen LogP contribution < -0.4 is 5.32 Å². The predicted molar refractivity (Wildman–Crippen MR) is 72.1 cm³/mol. The summed E-state index contributed by atoms with van der Waals surface area (Å²) in [5.74, 6) is -1.56. The zero-order valence-electron chi connectivity index (χ0n) is 11.5. The number of aliphatic carboxylic acids is 1. The van der Waals surface area contributed by atoms with E-state index in [-0.39, 0.29) is 5.75 Å². The molecule has 0 saturated carbocycles. The molecule has 20 heavy (non-hydrogen) atoms. The van der Waals surface area contributed by atoms with Crippen LogP contribution in [0.25, 0.3) is 0 Å². The van der Waals surface area contributed by atoms with E-state index in [4.69, 9.17) is 0 Å². The van der Waals surface area contributed by atoms with Crippen LogP contribution in [0.2, 0.25) is 0 Å². The summed E-state index contributed by atoms with van der Waals surface area (Å²) in [6.07, 6.45) is 1.17. The standard InChI is InChI=1S/C14H17NO5/c1-8-6-10(4-5-11(8)16)13(14(18)19)15-9(2)7-12(17)20-3/h4-7,13,15-16H,1-3H3,(H,18,19)/t13-/m1/s1. The van der Waals surface area contributed by atoms with Crippen LogP contribution in [0.3, 0.4) is 0 Å². The molecule has 1 aromatic carbocycles. The van der Waals surface area contributed by atoms with Crippen LogP contribution in [0, 0.1) is 6.92 Å². The van der Waals surface area contributed by atoms with Crippen molar-refractivity contribution in [3.63, 3.8) is 0 Å². The lowest BCUT2D eigenvalue weighted by atomic mass is 10.0. The molecule has 1 aromatic rings. The number of rotatable bonds is 5. The average molecular weight is 279 g/mol. The molecule has 0 aliphatic rings. The van der Waals surface area contributed by atoms with Gasteiger partial charge in [-0.05, 0) is 37.1 Å². The Hall–Kier alpha value is -2.50. The number of carbonyl (C=O) groups is 2. The lowest BCUT2D eigenvalue weighted by molar-refractivity contribution is -0.139. The van der Waals surface area contributed by atoms with E-state index in [0.29, 0.717) is 16.8 Å². The molecule has 0 aliphatic heterocycles. The first-order valence-electron chi connectivity index (χ1n) is 5.90. The number of aromatic hydroxyl groups is 1. The number of carboxylic acids is 1. The minimum absolute atomic E-state index is 0.0970. The summed E-state index contributed by atoms with van der Waals surface area (Å²) < 4.78 is 4.47. The van der Waals surface area contributed by atoms with Gasteiger partial charge < -0.3 is 20.3 Å². The maximum Gasteiger partial charge on any atom is 0.332 e. The van der Waals surface area contributed by atoms with E-state index < -0.39 is 18.0 Å². The predicted octanol–water partition coefficient (Wildman–Crippen LogP) is 1.49. The number of hydrogen-bond donors (Lipinski definition) is 3. The maximum absolute atomic E-state index is 11.3. The second-order valence-electron chi connectivity index (χ2n) is 4.31. The van der Waals surface area contributed by atoms with Crippen molar-refractivity contribution in [1.82, 2.24) is 5.32 Å². The molecule has 1 atom stereocenters. The molecule has 1 rings (SSSR count). The third kappa shape index (κ3) is 4.01. The number of ether oxygens (including phenoxy) is 1. The number of allylic oxidation sites excluding steroid dienone is 1. The van der Waals surface area contributed by atoms with Crippen molar-refractivity contribution in [2.75, 3.05) is 7.11 Å². The van der Waals surface area contributed by atoms with Crippen molar-refractivity contribution < 1.29 is 24.5 Å². The van der Waals surface area contributed by atoms with E-state index in [1.807, 2.05) is 0 Å². The number of carboxylic acid groups (broad SMARTS) is 1. The van der Waals surface area contributed by atoms with Gasteiger partial charge in [0.25, 0.3) is 0 Å². The lowest BCUT2D eigenvalue weighted by Crippen LogP contribution is -2.27. The van der Waals surface area contributed by atoms with Crippen LogP contribution in [0.1, 0.15) is 24.1 Å². The molecule has 0 amide bonds. The quantitative estimate of drug-likeness (QED) is 0.558. The van der Waals surface area contributed by atoms with E-state index in [1.165, 1.54) is 25.3 Å². The number of nitrogens with one attached hydrogen (secondary N) is 1. The number of esters is 1. The van der Waals surface area contributed by atoms with Gasteiger partial charge in [-0.3, -0.25) is 0 Å². The third-order valence-corrected chi connectivity index (χ3v) is 2.71. The van der Waals surface area contributed by atoms with Gasteiger partial charge in [0, 0.05) is 11.8 Å². The number of hydrogen-bond acceptors (Lipinski definition) is 5. The van der Waals surface area contributed by atoms with Gasteiger partial charge in [0.15, 0.2) is 0 Å². The number of aryl methyl sites for hydroxylation is 1. The molecule has 0 radical (unpaired) electrons. The molecule has 3 N–H and O–H groups in total. The van der Waals surface area contributed by atoms with E-state index in [9.17, 15) is 19.8 Å². The Balaban J connectivity index is 3.00. The van der Waals surface area contributed by atoms with E-state index in [1.54, 1.807) is 19.9 Å². The Morgan fingerprint density at radius 1 is 1.40 bits per heavy atom. The zero-order valence-corrected chi connectivity index (χ0v) is 11.5. The SMILES string of the molecule is COC(=O)C=C(C)N[C@@H](C(=O)O)c1ccc(O)c(C)c1. The minimum atomic E-state index is -1.09. The van der Waals surface area contributed by atoms with Gasteiger partial charge in [0.1, 0.15) is 11.8 Å². The highest BCUT2D eigenvalue weighted by Crippen LogP contribution is 2.22. The van der Waals surface area contributed by atoms with Gasteiger partial charge in [-0.1, -0.05) is 6.07 Å². The number of benzene rings is 1. The van der Waals surface area contributed by atoms with Gasteiger partial charge in [-0.15, -0.1) is 0 Å². The number of carbonyl (C=O) groups excluding carboxylic acids is 1. The summed E-state index contributed by atoms with van der Waals surface area (Å²) in [7, 11) is 1.24. The summed E-state index contributed by atoms with van der Waals surface area (Å²) >= 11 is 0. The minimum Gasteiger partial charge on any atom is -0.508 e. The second-order valence-corrected chi connectivity index (χ2v) is 4.31. The second kappa shape index (κ2) is 6.60. The van der Waals surface area contributed by atoms with Crippen LogP contribution in [0.15, 0.2) is 30.0 Å². The Morgan fingerprint density at radius 2 is 2.05 bits per heavy atom. The molecule has 108 valence electrons. The number of phenols is 1. The van der Waals surface area contributed by atoms with Crippen LogP contribution in [-0.4, -0.2) is 29.3 Å². The van der Waals surface area contributed by atoms with Gasteiger partial charge in [0.2, 0.25) is 0 Å². The highest BCUT2D eigenvalue weighted by molar-refractivity contribution is 5.83. The third-order valence-electron chi connectivity index (χ3n) is 2.71. The Morgan fingerprint density at radius 3 is 2.55 bits per heavy atom. The first-order valence-corrected chi connectivity index (χ1v) is 5.90. The van der Waals surface area contributed by atoms with Crippen LogP contribution >= 0.6 is 0 Å². The van der Waals surface area contributed by atoms with Gasteiger partial charge >= 0.3 is 11.9 Å². The monoisotopic (exact) mass is 279 g/mol. The molecule has 0 fully saturated rings. The smallest absolute Gasteiger partial charge is 0.332 e. The summed E-state index contributed by atoms with van der Waals surface area (Å²) in [6.45, 7) is 3.25. The van der Waals surface area contributed by atoms with E-state index >= 15 is 0 Å². The molecule has 0 bridgehead atoms. The maximum atomic E-state index is 11.3. The van der Waals surface area contributed by atoms with Crippen molar-refractivity contribution in [1.29, 1.82) is 0 Å². The first kappa shape index (κ1) is 15.6. The fourth-order valence-corrected chi connectivity index (χ4v) is 1.65. The Kier molecular flexibility index (Phi) is 5.14. The zero-order chi connectivity index (χ0) is 15.3. The summed E-state index contributed by atoms with van der Waals surface area (Å²) in [6, 6.07) is 3.50. The van der Waals surface area contributed by atoms with Crippen molar-refractivity contribution in [3.05, 3.63) is 41.1 Å². The molecule has 0 heterocycles. The van der Waals surface area contributed by atoms with Gasteiger partial charge in [0.05, 0.1) is 7.11 Å². The molecule has 0 saturated heterocycles. The topological polar surface area (TPSA) is 95.9 Å². The van der Waals surface area contributed by atoms with Crippen LogP contribution in [0.4, 0.5) is 0 Å². The molecular formula is C14H17NO5. The number of phenolic OH excluding ortho intramolecular Hbond substituents is 1. The van der Waals surface area contributed by atoms with E-state index in [2.05, 4.69) is 10.1 Å². The Labute approximate surface area is 116 Å². The summed E-state index contributed by atoms with van der Waals surface area (Å²) in [5.41, 5.74) is 1.42. The molecule has 0 aromatic heterocycles. The molecule has 6 nitrogen and oxygen atoms in total. The van der Waals surface area contributed by atoms with Crippen LogP contribution in [-0.2, 0) is 14.3 Å². The highest BCUT2D eigenvalue weighted by atomic mass is 16.5. The molecule has 6 heteroatoms. The molecular weight excluding hydrogens is 262 g/mol. The van der Waals surface area contributed by atoms with Crippen molar-refractivity contribution >= 4 is 11.9 Å². The largest absolute Gasteiger partial charge is 0.508 e. The number of methoxy groups -OCH3 is 1. The molecule has 0 spiro atoms. The van der Waals surface area contributed by atoms with Gasteiger partial charge in [-0.25, -0.2) is 9.59 Å². The van der Waals surface area contributed by atoms with Crippen LogP contribution in [0.5, 0.6) is 5.75 Å². The lowest BCUT2D eigenvalue weighted by Gasteiger charge is -2.17. The van der Waals surface area contributed by atoms with Crippen molar-refractivity contribution in [2.24, 2.45) is 0 Å². The van der Waals surface area contributed by atoms with Crippen molar-refractivity contribution in [2.45, 2.75) is 19.9 Å².